The van der Waals surface area contributed by atoms with Gasteiger partial charge in [0.1, 0.15) is 18.8 Å². The molecule has 0 rings (SSSR count). The normalized spacial score (nSPS) is 14.9. The Labute approximate surface area is 210 Å². The Balaban J connectivity index is 3.55. The van der Waals surface area contributed by atoms with Gasteiger partial charge in [0, 0.05) is 6.42 Å². The standard InChI is InChI=1S/C24H48NO9P/c1-2-3-4-5-6-7-8-9-10-11-12-13-14-15-16-17-23(27)32-18-21(26)19-33-35(30,31)34-20-22(25)24(28)29/h21-22,26H,2-20,25H2,1H3,(H,28,29)(H,30,31)/t21-,22?/m1/s1. The van der Waals surface area contributed by atoms with Crippen molar-refractivity contribution in [2.75, 3.05) is 19.8 Å². The van der Waals surface area contributed by atoms with Crippen LogP contribution in [0.15, 0.2) is 0 Å². The lowest BCUT2D eigenvalue weighted by Crippen LogP contribution is -2.34. The van der Waals surface area contributed by atoms with Crippen molar-refractivity contribution >= 4 is 19.8 Å². The van der Waals surface area contributed by atoms with Gasteiger partial charge in [-0.2, -0.15) is 0 Å². The fourth-order valence-electron chi connectivity index (χ4n) is 3.41. The number of nitrogens with two attached hydrogens (primary N) is 1. The lowest BCUT2D eigenvalue weighted by Gasteiger charge is -2.16. The lowest BCUT2D eigenvalue weighted by molar-refractivity contribution is -0.147. The van der Waals surface area contributed by atoms with Crippen LogP contribution in [-0.4, -0.2) is 59.0 Å². The molecule has 2 unspecified atom stereocenters. The van der Waals surface area contributed by atoms with Gasteiger partial charge < -0.3 is 25.6 Å². The highest BCUT2D eigenvalue weighted by molar-refractivity contribution is 7.47. The predicted octanol–water partition coefficient (Wildman–Crippen LogP) is 4.70. The summed E-state index contributed by atoms with van der Waals surface area (Å²) >= 11 is 0. The number of phosphoric ester groups is 1. The molecule has 5 N–H and O–H groups in total. The number of hydrogen-bond acceptors (Lipinski definition) is 8. The Morgan fingerprint density at radius 2 is 1.20 bits per heavy atom. The molecule has 3 atom stereocenters. The van der Waals surface area contributed by atoms with E-state index in [1.54, 1.807) is 0 Å². The van der Waals surface area contributed by atoms with Crippen molar-refractivity contribution in [2.24, 2.45) is 5.73 Å². The maximum Gasteiger partial charge on any atom is 0.472 e. The quantitative estimate of drug-likeness (QED) is 0.0745. The number of rotatable bonds is 25. The van der Waals surface area contributed by atoms with E-state index in [1.807, 2.05) is 0 Å². The fourth-order valence-corrected chi connectivity index (χ4v) is 4.20. The Bertz CT molecular complexity index is 591. The molecule has 11 heteroatoms. The van der Waals surface area contributed by atoms with Crippen molar-refractivity contribution in [3.63, 3.8) is 0 Å². The van der Waals surface area contributed by atoms with E-state index in [0.29, 0.717) is 6.42 Å². The molecule has 0 saturated heterocycles. The largest absolute Gasteiger partial charge is 0.480 e. The lowest BCUT2D eigenvalue weighted by atomic mass is 10.0. The van der Waals surface area contributed by atoms with Crippen LogP contribution < -0.4 is 5.73 Å². The number of carboxylic acids is 1. The molecule has 0 bridgehead atoms. The van der Waals surface area contributed by atoms with Crippen LogP contribution in [0.2, 0.25) is 0 Å². The van der Waals surface area contributed by atoms with Crippen LogP contribution in [0, 0.1) is 0 Å². The third-order valence-corrected chi connectivity index (χ3v) is 6.54. The van der Waals surface area contributed by atoms with Crippen LogP contribution in [0.3, 0.4) is 0 Å². The zero-order chi connectivity index (χ0) is 26.4. The number of carbonyl (C=O) groups excluding carboxylic acids is 1. The van der Waals surface area contributed by atoms with Gasteiger partial charge in [0.25, 0.3) is 0 Å². The monoisotopic (exact) mass is 525 g/mol. The van der Waals surface area contributed by atoms with E-state index in [2.05, 4.69) is 16.0 Å². The van der Waals surface area contributed by atoms with Gasteiger partial charge in [-0.3, -0.25) is 18.6 Å². The van der Waals surface area contributed by atoms with Gasteiger partial charge in [-0.15, -0.1) is 0 Å². The summed E-state index contributed by atoms with van der Waals surface area (Å²) in [7, 11) is -4.58. The van der Waals surface area contributed by atoms with Crippen LogP contribution >= 0.6 is 7.82 Å². The van der Waals surface area contributed by atoms with E-state index in [9.17, 15) is 24.2 Å². The SMILES string of the molecule is CCCCCCCCCCCCCCCCCC(=O)OC[C@@H](O)COP(=O)(O)OCC(N)C(=O)O. The van der Waals surface area contributed by atoms with E-state index in [-0.39, 0.29) is 13.0 Å². The van der Waals surface area contributed by atoms with Crippen molar-refractivity contribution in [3.8, 4) is 0 Å². The predicted molar refractivity (Wildman–Crippen MR) is 134 cm³/mol. The number of unbranched alkanes of at least 4 members (excludes halogenated alkanes) is 14. The van der Waals surface area contributed by atoms with Gasteiger partial charge in [-0.05, 0) is 6.42 Å². The van der Waals surface area contributed by atoms with Crippen LogP contribution in [0.1, 0.15) is 110 Å². The molecule has 208 valence electrons. The second-order valence-electron chi connectivity index (χ2n) is 9.04. The summed E-state index contributed by atoms with van der Waals surface area (Å²) in [6.07, 6.45) is 17.5. The molecule has 10 nitrogen and oxygen atoms in total. The maximum absolute atomic E-state index is 11.8. The van der Waals surface area contributed by atoms with Crippen LogP contribution in [0.4, 0.5) is 0 Å². The van der Waals surface area contributed by atoms with Crippen LogP contribution in [-0.2, 0) is 27.9 Å². The summed E-state index contributed by atoms with van der Waals surface area (Å²) in [5, 5.41) is 18.3. The van der Waals surface area contributed by atoms with E-state index in [0.717, 1.165) is 12.8 Å². The Kier molecular flexibility index (Phi) is 21.5. The molecule has 35 heavy (non-hydrogen) atoms. The Morgan fingerprint density at radius 3 is 1.66 bits per heavy atom. The third-order valence-electron chi connectivity index (χ3n) is 5.59. The highest BCUT2D eigenvalue weighted by Gasteiger charge is 2.26. The number of hydrogen-bond donors (Lipinski definition) is 4. The summed E-state index contributed by atoms with van der Waals surface area (Å²) in [5.74, 6) is -1.85. The van der Waals surface area contributed by atoms with E-state index < -0.39 is 45.1 Å². The minimum absolute atomic E-state index is 0.251. The first-order valence-electron chi connectivity index (χ1n) is 13.1. The molecular weight excluding hydrogens is 477 g/mol. The first-order valence-corrected chi connectivity index (χ1v) is 14.6. The van der Waals surface area contributed by atoms with Crippen LogP contribution in [0.5, 0.6) is 0 Å². The zero-order valence-electron chi connectivity index (χ0n) is 21.4. The third kappa shape index (κ3) is 23.1. The second kappa shape index (κ2) is 22.2. The topological polar surface area (TPSA) is 166 Å². The molecule has 0 aromatic heterocycles. The molecule has 0 aliphatic carbocycles. The highest BCUT2D eigenvalue weighted by atomic mass is 31.2. The number of aliphatic carboxylic acids is 1. The minimum atomic E-state index is -4.58. The van der Waals surface area contributed by atoms with Crippen molar-refractivity contribution in [3.05, 3.63) is 0 Å². The molecule has 0 aromatic rings. The molecule has 0 saturated carbocycles. The summed E-state index contributed by atoms with van der Waals surface area (Å²) < 4.78 is 25.5. The Hall–Kier alpha value is -1.03. The number of esters is 1. The smallest absolute Gasteiger partial charge is 0.472 e. The van der Waals surface area contributed by atoms with E-state index >= 15 is 0 Å². The summed E-state index contributed by atoms with van der Waals surface area (Å²) in [6.45, 7) is 0.510. The molecule has 0 amide bonds. The average molecular weight is 526 g/mol. The summed E-state index contributed by atoms with van der Waals surface area (Å²) in [4.78, 5) is 31.7. The van der Waals surface area contributed by atoms with Gasteiger partial charge in [-0.25, -0.2) is 4.57 Å². The molecule has 0 aromatic carbocycles. The van der Waals surface area contributed by atoms with Crippen molar-refractivity contribution in [1.29, 1.82) is 0 Å². The molecule has 0 spiro atoms. The van der Waals surface area contributed by atoms with Gasteiger partial charge in [0.15, 0.2) is 0 Å². The molecule has 0 fully saturated rings. The first kappa shape index (κ1) is 34.0. The second-order valence-corrected chi connectivity index (χ2v) is 10.5. The first-order chi connectivity index (χ1) is 16.7. The number of carbonyl (C=O) groups is 2. The maximum atomic E-state index is 11.8. The number of aliphatic hydroxyl groups excluding tert-OH is 1. The zero-order valence-corrected chi connectivity index (χ0v) is 22.3. The molecule has 0 aliphatic rings. The number of aliphatic hydroxyl groups is 1. The minimum Gasteiger partial charge on any atom is -0.480 e. The van der Waals surface area contributed by atoms with E-state index in [4.69, 9.17) is 15.6 Å². The van der Waals surface area contributed by atoms with Gasteiger partial charge in [0.05, 0.1) is 13.2 Å². The van der Waals surface area contributed by atoms with Crippen molar-refractivity contribution < 1.29 is 43.0 Å². The molecule has 0 heterocycles. The number of ether oxygens (including phenoxy) is 1. The van der Waals surface area contributed by atoms with Gasteiger partial charge in [0.2, 0.25) is 0 Å². The summed E-state index contributed by atoms with van der Waals surface area (Å²) in [6, 6.07) is -1.48. The fraction of sp³-hybridized carbons (Fsp3) is 0.917. The molecule has 0 radical (unpaired) electrons. The summed E-state index contributed by atoms with van der Waals surface area (Å²) in [5.41, 5.74) is 5.16. The highest BCUT2D eigenvalue weighted by Crippen LogP contribution is 2.43. The van der Waals surface area contributed by atoms with Gasteiger partial charge >= 0.3 is 19.8 Å². The van der Waals surface area contributed by atoms with Gasteiger partial charge in [-0.1, -0.05) is 96.8 Å². The van der Waals surface area contributed by atoms with E-state index in [1.165, 1.54) is 77.0 Å². The van der Waals surface area contributed by atoms with Crippen molar-refractivity contribution in [1.82, 2.24) is 0 Å². The number of carboxylic acid groups (broad SMARTS) is 1. The Morgan fingerprint density at radius 1 is 0.771 bits per heavy atom. The number of phosphoric acid groups is 1. The molecular formula is C24H48NO9P. The average Bonchev–Trinajstić information content (AvgIpc) is 2.82. The molecule has 0 aliphatic heterocycles. The van der Waals surface area contributed by atoms with Crippen LogP contribution in [0.25, 0.3) is 0 Å². The van der Waals surface area contributed by atoms with Crippen molar-refractivity contribution in [2.45, 2.75) is 122 Å².